The minimum absolute atomic E-state index is 0.193. The summed E-state index contributed by atoms with van der Waals surface area (Å²) in [5, 5.41) is 2.93. The smallest absolute Gasteiger partial charge is 0.253 e. The maximum absolute atomic E-state index is 13.0. The van der Waals surface area contributed by atoms with Crippen molar-refractivity contribution in [3.8, 4) is 11.3 Å². The van der Waals surface area contributed by atoms with Crippen LogP contribution in [-0.2, 0) is 0 Å². The van der Waals surface area contributed by atoms with Gasteiger partial charge < -0.3 is 5.32 Å². The average Bonchev–Trinajstić information content (AvgIpc) is 2.62. The van der Waals surface area contributed by atoms with Crippen molar-refractivity contribution < 1.29 is 9.18 Å². The van der Waals surface area contributed by atoms with E-state index in [1.807, 2.05) is 50.2 Å². The monoisotopic (exact) mass is 334 g/mol. The fourth-order valence-electron chi connectivity index (χ4n) is 2.68. The van der Waals surface area contributed by atoms with Gasteiger partial charge in [-0.1, -0.05) is 42.5 Å². The number of amides is 1. The highest BCUT2D eigenvalue weighted by atomic mass is 19.1. The molecular weight excluding hydrogens is 315 g/mol. The number of aryl methyl sites for hydroxylation is 1. The standard InChI is InChI=1S/C21H19FN2O/c1-14(16-8-10-18(22)11-9-16)24-21(25)19-12-13-20(23-15(19)2)17-6-4-3-5-7-17/h3-14H,1-2H3,(H,24,25). The minimum atomic E-state index is -0.293. The van der Waals surface area contributed by atoms with Crippen molar-refractivity contribution in [3.05, 3.63) is 89.4 Å². The third-order valence-corrected chi connectivity index (χ3v) is 4.12. The van der Waals surface area contributed by atoms with E-state index in [2.05, 4.69) is 10.3 Å². The zero-order valence-corrected chi connectivity index (χ0v) is 14.2. The normalized spacial score (nSPS) is 11.8. The van der Waals surface area contributed by atoms with Crippen molar-refractivity contribution in [2.75, 3.05) is 0 Å². The lowest BCUT2D eigenvalue weighted by molar-refractivity contribution is 0.0939. The molecule has 25 heavy (non-hydrogen) atoms. The van der Waals surface area contributed by atoms with E-state index >= 15 is 0 Å². The van der Waals surface area contributed by atoms with Gasteiger partial charge in [-0.05, 0) is 43.7 Å². The number of aromatic nitrogens is 1. The Kier molecular flexibility index (Phi) is 4.89. The molecule has 0 aliphatic carbocycles. The van der Waals surface area contributed by atoms with Crippen LogP contribution in [-0.4, -0.2) is 10.9 Å². The first-order chi connectivity index (χ1) is 12.0. The average molecular weight is 334 g/mol. The van der Waals surface area contributed by atoms with Gasteiger partial charge in [0.1, 0.15) is 5.82 Å². The molecule has 0 saturated heterocycles. The second kappa shape index (κ2) is 7.26. The second-order valence-electron chi connectivity index (χ2n) is 5.94. The molecule has 0 radical (unpaired) electrons. The summed E-state index contributed by atoms with van der Waals surface area (Å²) in [5.74, 6) is -0.486. The van der Waals surface area contributed by atoms with Crippen LogP contribution in [0.5, 0.6) is 0 Å². The Labute approximate surface area is 146 Å². The molecule has 0 bridgehead atoms. The quantitative estimate of drug-likeness (QED) is 0.752. The number of nitrogens with zero attached hydrogens (tertiary/aromatic N) is 1. The van der Waals surface area contributed by atoms with Gasteiger partial charge in [-0.15, -0.1) is 0 Å². The Balaban J connectivity index is 1.77. The third-order valence-electron chi connectivity index (χ3n) is 4.12. The first kappa shape index (κ1) is 16.8. The summed E-state index contributed by atoms with van der Waals surface area (Å²) < 4.78 is 13.0. The number of nitrogens with one attached hydrogen (secondary N) is 1. The number of benzene rings is 2. The van der Waals surface area contributed by atoms with Gasteiger partial charge in [-0.3, -0.25) is 9.78 Å². The molecule has 0 fully saturated rings. The fraction of sp³-hybridized carbons (Fsp3) is 0.143. The van der Waals surface area contributed by atoms with Crippen molar-refractivity contribution in [2.45, 2.75) is 19.9 Å². The first-order valence-electron chi connectivity index (χ1n) is 8.14. The zero-order valence-electron chi connectivity index (χ0n) is 14.2. The molecule has 0 aliphatic heterocycles. The van der Waals surface area contributed by atoms with E-state index in [0.717, 1.165) is 16.8 Å². The summed E-state index contributed by atoms with van der Waals surface area (Å²) in [7, 11) is 0. The van der Waals surface area contributed by atoms with Crippen LogP contribution in [0.1, 0.15) is 34.6 Å². The maximum Gasteiger partial charge on any atom is 0.253 e. The molecule has 1 unspecified atom stereocenters. The lowest BCUT2D eigenvalue weighted by Crippen LogP contribution is -2.27. The van der Waals surface area contributed by atoms with E-state index in [9.17, 15) is 9.18 Å². The van der Waals surface area contributed by atoms with E-state index in [1.165, 1.54) is 12.1 Å². The lowest BCUT2D eigenvalue weighted by atomic mass is 10.1. The van der Waals surface area contributed by atoms with Crippen LogP contribution in [0.2, 0.25) is 0 Å². The molecular formula is C21H19FN2O. The van der Waals surface area contributed by atoms with Crippen molar-refractivity contribution >= 4 is 5.91 Å². The summed E-state index contributed by atoms with van der Waals surface area (Å²) in [6.45, 7) is 3.69. The maximum atomic E-state index is 13.0. The summed E-state index contributed by atoms with van der Waals surface area (Å²) in [5.41, 5.74) is 3.90. The van der Waals surface area contributed by atoms with Crippen LogP contribution in [0.4, 0.5) is 4.39 Å². The summed E-state index contributed by atoms with van der Waals surface area (Å²) >= 11 is 0. The molecule has 1 heterocycles. The molecule has 2 aromatic carbocycles. The summed E-state index contributed by atoms with van der Waals surface area (Å²) in [4.78, 5) is 17.1. The van der Waals surface area contributed by atoms with Gasteiger partial charge in [-0.25, -0.2) is 4.39 Å². The molecule has 0 spiro atoms. The SMILES string of the molecule is Cc1nc(-c2ccccc2)ccc1C(=O)NC(C)c1ccc(F)cc1. The third kappa shape index (κ3) is 3.91. The van der Waals surface area contributed by atoms with E-state index in [-0.39, 0.29) is 17.8 Å². The number of carbonyl (C=O) groups excluding carboxylic acids is 1. The number of hydrogen-bond acceptors (Lipinski definition) is 2. The van der Waals surface area contributed by atoms with Crippen molar-refractivity contribution in [3.63, 3.8) is 0 Å². The second-order valence-corrected chi connectivity index (χ2v) is 5.94. The van der Waals surface area contributed by atoms with Crippen LogP contribution in [0, 0.1) is 12.7 Å². The Morgan fingerprint density at radius 1 is 1.00 bits per heavy atom. The predicted octanol–water partition coefficient (Wildman–Crippen LogP) is 4.69. The van der Waals surface area contributed by atoms with Crippen LogP contribution in [0.15, 0.2) is 66.7 Å². The molecule has 1 atom stereocenters. The van der Waals surface area contributed by atoms with E-state index in [4.69, 9.17) is 0 Å². The Bertz CT molecular complexity index is 876. The zero-order chi connectivity index (χ0) is 17.8. The molecule has 0 saturated carbocycles. The lowest BCUT2D eigenvalue weighted by Gasteiger charge is -2.15. The number of rotatable bonds is 4. The Morgan fingerprint density at radius 3 is 2.32 bits per heavy atom. The highest BCUT2D eigenvalue weighted by Gasteiger charge is 2.15. The van der Waals surface area contributed by atoms with E-state index in [1.54, 1.807) is 18.2 Å². The summed E-state index contributed by atoms with van der Waals surface area (Å²) in [6.07, 6.45) is 0. The number of hydrogen-bond donors (Lipinski definition) is 1. The first-order valence-corrected chi connectivity index (χ1v) is 8.14. The number of halogens is 1. The van der Waals surface area contributed by atoms with E-state index < -0.39 is 0 Å². The largest absolute Gasteiger partial charge is 0.345 e. The molecule has 1 N–H and O–H groups in total. The number of pyridine rings is 1. The van der Waals surface area contributed by atoms with Crippen molar-refractivity contribution in [2.24, 2.45) is 0 Å². The molecule has 1 aromatic heterocycles. The van der Waals surface area contributed by atoms with Gasteiger partial charge in [0.25, 0.3) is 5.91 Å². The van der Waals surface area contributed by atoms with Crippen molar-refractivity contribution in [1.29, 1.82) is 0 Å². The highest BCUT2D eigenvalue weighted by molar-refractivity contribution is 5.95. The fourth-order valence-corrected chi connectivity index (χ4v) is 2.68. The molecule has 4 heteroatoms. The topological polar surface area (TPSA) is 42.0 Å². The van der Waals surface area contributed by atoms with Crippen LogP contribution >= 0.6 is 0 Å². The van der Waals surface area contributed by atoms with Crippen LogP contribution in [0.25, 0.3) is 11.3 Å². The van der Waals surface area contributed by atoms with Crippen LogP contribution in [0.3, 0.4) is 0 Å². The van der Waals surface area contributed by atoms with Gasteiger partial charge in [0.05, 0.1) is 23.0 Å². The predicted molar refractivity (Wildman–Crippen MR) is 96.7 cm³/mol. The van der Waals surface area contributed by atoms with Crippen molar-refractivity contribution in [1.82, 2.24) is 10.3 Å². The van der Waals surface area contributed by atoms with Crippen LogP contribution < -0.4 is 5.32 Å². The van der Waals surface area contributed by atoms with Gasteiger partial charge in [0.2, 0.25) is 0 Å². The molecule has 126 valence electrons. The molecule has 1 amide bonds. The Morgan fingerprint density at radius 2 is 1.68 bits per heavy atom. The van der Waals surface area contributed by atoms with Gasteiger partial charge in [0.15, 0.2) is 0 Å². The van der Waals surface area contributed by atoms with E-state index in [0.29, 0.717) is 11.3 Å². The minimum Gasteiger partial charge on any atom is -0.345 e. The highest BCUT2D eigenvalue weighted by Crippen LogP contribution is 2.19. The molecule has 3 nitrogen and oxygen atoms in total. The van der Waals surface area contributed by atoms with Gasteiger partial charge in [-0.2, -0.15) is 0 Å². The Hall–Kier alpha value is -3.01. The van der Waals surface area contributed by atoms with Gasteiger partial charge in [0, 0.05) is 5.56 Å². The molecule has 3 aromatic rings. The molecule has 3 rings (SSSR count). The van der Waals surface area contributed by atoms with Gasteiger partial charge >= 0.3 is 0 Å². The molecule has 0 aliphatic rings. The summed E-state index contributed by atoms with van der Waals surface area (Å²) in [6, 6.07) is 19.4. The number of carbonyl (C=O) groups is 1.